The highest BCUT2D eigenvalue weighted by atomic mass is 16.5. The number of nitrogens with zero attached hydrogens (tertiary/aromatic N) is 2. The minimum absolute atomic E-state index is 0.0514. The molecule has 1 aliphatic heterocycles. The van der Waals surface area contributed by atoms with Gasteiger partial charge in [-0.2, -0.15) is 0 Å². The molecule has 0 saturated heterocycles. The standard InChI is InChI=1S/C51H45BN2O/c1-31(2)34-28-41(32(3)4)49(42(29-34)33(5)6)52-43-20-12-15-23-47(43)55-48-30-36(24-27-44(48)52)54-46-22-14-11-19-38(46)40-26-25-39-37-18-10-13-21-45(37)53(50(39)51(40)54)35-16-8-7-9-17-35/h7-33H,1-6H3. The monoisotopic (exact) mass is 712 g/mol. The van der Waals surface area contributed by atoms with Crippen molar-refractivity contribution in [1.29, 1.82) is 0 Å². The molecular formula is C51H45BN2O. The van der Waals surface area contributed by atoms with E-state index in [1.807, 2.05) is 0 Å². The van der Waals surface area contributed by atoms with Gasteiger partial charge >= 0.3 is 0 Å². The van der Waals surface area contributed by atoms with Crippen LogP contribution in [-0.4, -0.2) is 15.8 Å². The summed E-state index contributed by atoms with van der Waals surface area (Å²) in [6, 6.07) is 53.7. The van der Waals surface area contributed by atoms with Crippen molar-refractivity contribution in [3.8, 4) is 22.9 Å². The van der Waals surface area contributed by atoms with E-state index in [1.54, 1.807) is 0 Å². The van der Waals surface area contributed by atoms with Gasteiger partial charge in [-0.25, -0.2) is 0 Å². The Morgan fingerprint density at radius 1 is 0.436 bits per heavy atom. The summed E-state index contributed by atoms with van der Waals surface area (Å²) in [6.07, 6.45) is 0. The molecule has 0 radical (unpaired) electrons. The van der Waals surface area contributed by atoms with Crippen LogP contribution in [0.5, 0.6) is 11.5 Å². The molecular weight excluding hydrogens is 667 g/mol. The van der Waals surface area contributed by atoms with Crippen molar-refractivity contribution in [3.05, 3.63) is 162 Å². The molecule has 1 aliphatic rings. The van der Waals surface area contributed by atoms with Crippen LogP contribution in [0.4, 0.5) is 0 Å². The molecule has 3 heterocycles. The zero-order valence-corrected chi connectivity index (χ0v) is 32.5. The summed E-state index contributed by atoms with van der Waals surface area (Å²) >= 11 is 0. The normalized spacial score (nSPS) is 12.8. The molecule has 0 N–H and O–H groups in total. The molecule has 3 nitrogen and oxygen atoms in total. The molecule has 268 valence electrons. The lowest BCUT2D eigenvalue weighted by Crippen LogP contribution is -2.57. The second-order valence-electron chi connectivity index (χ2n) is 16.3. The highest BCUT2D eigenvalue weighted by Crippen LogP contribution is 2.42. The summed E-state index contributed by atoms with van der Waals surface area (Å²) in [4.78, 5) is 0. The second-order valence-corrected chi connectivity index (χ2v) is 16.3. The summed E-state index contributed by atoms with van der Waals surface area (Å²) in [5.41, 5.74) is 15.2. The Morgan fingerprint density at radius 3 is 1.56 bits per heavy atom. The molecule has 0 atom stereocenters. The van der Waals surface area contributed by atoms with Gasteiger partial charge in [0.2, 0.25) is 0 Å². The Kier molecular flexibility index (Phi) is 7.82. The van der Waals surface area contributed by atoms with Gasteiger partial charge in [0, 0.05) is 39.0 Å². The van der Waals surface area contributed by atoms with Gasteiger partial charge in [-0.1, -0.05) is 150 Å². The van der Waals surface area contributed by atoms with Crippen LogP contribution in [0.15, 0.2) is 146 Å². The number of benzene rings is 7. The van der Waals surface area contributed by atoms with E-state index >= 15 is 0 Å². The zero-order valence-electron chi connectivity index (χ0n) is 32.5. The molecule has 0 aliphatic carbocycles. The van der Waals surface area contributed by atoms with Crippen molar-refractivity contribution in [2.45, 2.75) is 59.3 Å². The number of rotatable bonds is 6. The number of aromatic nitrogens is 2. The van der Waals surface area contributed by atoms with Gasteiger partial charge in [0.05, 0.1) is 22.1 Å². The van der Waals surface area contributed by atoms with E-state index in [-0.39, 0.29) is 6.71 Å². The predicted octanol–water partition coefficient (Wildman–Crippen LogP) is 11.9. The molecule has 4 heteroatoms. The minimum atomic E-state index is 0.0514. The van der Waals surface area contributed by atoms with Gasteiger partial charge in [0.15, 0.2) is 0 Å². The first-order valence-electron chi connectivity index (χ1n) is 19.9. The van der Waals surface area contributed by atoms with Crippen LogP contribution in [-0.2, 0) is 0 Å². The van der Waals surface area contributed by atoms with Crippen LogP contribution in [0, 0.1) is 0 Å². The van der Waals surface area contributed by atoms with E-state index < -0.39 is 0 Å². The Balaban J connectivity index is 1.28. The third-order valence-electron chi connectivity index (χ3n) is 12.0. The van der Waals surface area contributed by atoms with Gasteiger partial charge in [-0.05, 0) is 81.8 Å². The quantitative estimate of drug-likeness (QED) is 0.157. The summed E-state index contributed by atoms with van der Waals surface area (Å²) in [6.45, 7) is 14.1. The SMILES string of the molecule is CC(C)c1cc(C(C)C)c(B2c3ccccc3Oc3cc(-n4c5ccccc5c5ccc6c7ccccc7n(-c7ccccc7)c6c54)ccc32)c(C(C)C)c1. The molecule has 0 unspecified atom stereocenters. The summed E-state index contributed by atoms with van der Waals surface area (Å²) in [7, 11) is 0. The highest BCUT2D eigenvalue weighted by molar-refractivity contribution is 6.97. The third kappa shape index (κ3) is 5.11. The maximum atomic E-state index is 6.96. The fraction of sp³-hybridized carbons (Fsp3) is 0.176. The lowest BCUT2D eigenvalue weighted by molar-refractivity contribution is 0.487. The molecule has 0 spiro atoms. The molecule has 0 bridgehead atoms. The van der Waals surface area contributed by atoms with Crippen LogP contribution in [0.1, 0.15) is 76.0 Å². The maximum Gasteiger partial charge on any atom is 0.251 e. The van der Waals surface area contributed by atoms with Crippen LogP contribution in [0.2, 0.25) is 0 Å². The largest absolute Gasteiger partial charge is 0.458 e. The van der Waals surface area contributed by atoms with E-state index in [4.69, 9.17) is 4.74 Å². The lowest BCUT2D eigenvalue weighted by atomic mass is 9.34. The van der Waals surface area contributed by atoms with Gasteiger partial charge < -0.3 is 13.9 Å². The Labute approximate surface area is 323 Å². The number of hydrogen-bond donors (Lipinski definition) is 0. The Morgan fingerprint density at radius 2 is 0.964 bits per heavy atom. The number of fused-ring (bicyclic) bond motifs is 9. The van der Waals surface area contributed by atoms with Crippen LogP contribution in [0.3, 0.4) is 0 Å². The van der Waals surface area contributed by atoms with Crippen molar-refractivity contribution in [2.75, 3.05) is 0 Å². The van der Waals surface area contributed by atoms with E-state index in [9.17, 15) is 0 Å². The number of ether oxygens (including phenoxy) is 1. The molecule has 55 heavy (non-hydrogen) atoms. The third-order valence-corrected chi connectivity index (χ3v) is 12.0. The Hall–Kier alpha value is -6.00. The summed E-state index contributed by atoms with van der Waals surface area (Å²) < 4.78 is 11.9. The van der Waals surface area contributed by atoms with E-state index in [0.29, 0.717) is 17.8 Å². The van der Waals surface area contributed by atoms with Gasteiger partial charge in [0.1, 0.15) is 11.5 Å². The second kappa shape index (κ2) is 12.8. The maximum absolute atomic E-state index is 6.96. The van der Waals surface area contributed by atoms with Crippen molar-refractivity contribution in [3.63, 3.8) is 0 Å². The molecule has 0 saturated carbocycles. The van der Waals surface area contributed by atoms with Gasteiger partial charge in [0.25, 0.3) is 6.71 Å². The predicted molar refractivity (Wildman–Crippen MR) is 235 cm³/mol. The van der Waals surface area contributed by atoms with Crippen molar-refractivity contribution < 1.29 is 4.74 Å². The lowest BCUT2D eigenvalue weighted by Gasteiger charge is -2.32. The first-order chi connectivity index (χ1) is 26.8. The molecule has 0 amide bonds. The topological polar surface area (TPSA) is 19.1 Å². The van der Waals surface area contributed by atoms with Crippen molar-refractivity contribution >= 4 is 66.7 Å². The van der Waals surface area contributed by atoms with E-state index in [2.05, 4.69) is 196 Å². The van der Waals surface area contributed by atoms with E-state index in [1.165, 1.54) is 76.7 Å². The first-order valence-corrected chi connectivity index (χ1v) is 19.9. The van der Waals surface area contributed by atoms with Crippen LogP contribution in [0.25, 0.3) is 55.0 Å². The number of hydrogen-bond acceptors (Lipinski definition) is 1. The average Bonchev–Trinajstić information content (AvgIpc) is 3.72. The van der Waals surface area contributed by atoms with Crippen molar-refractivity contribution in [2.24, 2.45) is 0 Å². The molecule has 0 fully saturated rings. The van der Waals surface area contributed by atoms with Crippen LogP contribution < -0.4 is 21.1 Å². The summed E-state index contributed by atoms with van der Waals surface area (Å²) in [5.74, 6) is 3.06. The summed E-state index contributed by atoms with van der Waals surface area (Å²) in [5, 5.41) is 4.96. The molecule has 2 aromatic heterocycles. The first kappa shape index (κ1) is 33.6. The smallest absolute Gasteiger partial charge is 0.251 e. The van der Waals surface area contributed by atoms with Gasteiger partial charge in [-0.15, -0.1) is 0 Å². The molecule has 10 rings (SSSR count). The Bertz CT molecular complexity index is 2920. The fourth-order valence-electron chi connectivity index (χ4n) is 9.36. The molecule has 9 aromatic rings. The van der Waals surface area contributed by atoms with E-state index in [0.717, 1.165) is 22.9 Å². The van der Waals surface area contributed by atoms with Crippen molar-refractivity contribution in [1.82, 2.24) is 9.13 Å². The molecule has 7 aromatic carbocycles. The van der Waals surface area contributed by atoms with Crippen LogP contribution >= 0.6 is 0 Å². The fourth-order valence-corrected chi connectivity index (χ4v) is 9.36. The average molecular weight is 713 g/mol. The number of para-hydroxylation sites is 4. The highest BCUT2D eigenvalue weighted by Gasteiger charge is 2.37. The minimum Gasteiger partial charge on any atom is -0.458 e. The van der Waals surface area contributed by atoms with Gasteiger partial charge in [-0.3, -0.25) is 0 Å². The zero-order chi connectivity index (χ0) is 37.5.